The van der Waals surface area contributed by atoms with E-state index in [1.807, 2.05) is 54.6 Å². The van der Waals surface area contributed by atoms with Crippen molar-refractivity contribution in [3.63, 3.8) is 0 Å². The van der Waals surface area contributed by atoms with Gasteiger partial charge in [0.25, 0.3) is 0 Å². The quantitative estimate of drug-likeness (QED) is 0.303. The van der Waals surface area contributed by atoms with E-state index in [0.29, 0.717) is 17.9 Å². The summed E-state index contributed by atoms with van der Waals surface area (Å²) in [6, 6.07) is 18.8. The van der Waals surface area contributed by atoms with Gasteiger partial charge < -0.3 is 5.11 Å². The molecule has 0 aliphatic heterocycles. The minimum atomic E-state index is -3.46. The van der Waals surface area contributed by atoms with Crippen molar-refractivity contribution < 1.29 is 13.5 Å². The van der Waals surface area contributed by atoms with Crippen molar-refractivity contribution in [2.45, 2.75) is 49.0 Å². The van der Waals surface area contributed by atoms with Crippen LogP contribution in [0.4, 0.5) is 0 Å². The SMILES string of the molecule is O=S(=O)(NC(c1cc2cccc(-c3cc(C4(O)CCC4)ccn3)c2s1)c1ccccc1Cl)C1CC1. The van der Waals surface area contributed by atoms with E-state index in [4.69, 9.17) is 11.6 Å². The van der Waals surface area contributed by atoms with Crippen molar-refractivity contribution in [2.24, 2.45) is 0 Å². The normalized spacial score (nSPS) is 18.3. The van der Waals surface area contributed by atoms with E-state index in [-0.39, 0.29) is 5.25 Å². The third-order valence-corrected chi connectivity index (χ3v) is 10.6. The number of thiophene rings is 1. The number of benzene rings is 2. The molecular weight excluding hydrogens is 500 g/mol. The number of fused-ring (bicyclic) bond motifs is 1. The first-order chi connectivity index (χ1) is 16.8. The molecule has 1 unspecified atom stereocenters. The average molecular weight is 525 g/mol. The van der Waals surface area contributed by atoms with Crippen LogP contribution in [0.5, 0.6) is 0 Å². The summed E-state index contributed by atoms with van der Waals surface area (Å²) >= 11 is 8.08. The van der Waals surface area contributed by atoms with Crippen molar-refractivity contribution in [1.29, 1.82) is 0 Å². The molecule has 0 radical (unpaired) electrons. The van der Waals surface area contributed by atoms with Crippen LogP contribution in [0.1, 0.15) is 54.1 Å². The average Bonchev–Trinajstić information content (AvgIpc) is 3.61. The van der Waals surface area contributed by atoms with Gasteiger partial charge in [-0.25, -0.2) is 13.1 Å². The van der Waals surface area contributed by atoms with Crippen molar-refractivity contribution in [3.8, 4) is 11.3 Å². The van der Waals surface area contributed by atoms with Gasteiger partial charge in [-0.05, 0) is 72.9 Å². The molecule has 0 spiro atoms. The number of sulfonamides is 1. The number of nitrogens with one attached hydrogen (secondary N) is 1. The Kier molecular flexibility index (Phi) is 5.73. The summed E-state index contributed by atoms with van der Waals surface area (Å²) in [5, 5.41) is 12.1. The maximum Gasteiger partial charge on any atom is 0.215 e. The number of pyridine rings is 1. The van der Waals surface area contributed by atoms with E-state index in [1.54, 1.807) is 23.6 Å². The highest BCUT2D eigenvalue weighted by Gasteiger charge is 2.38. The van der Waals surface area contributed by atoms with Crippen molar-refractivity contribution >= 4 is 43.0 Å². The van der Waals surface area contributed by atoms with Gasteiger partial charge in [-0.1, -0.05) is 48.0 Å². The first-order valence-corrected chi connectivity index (χ1v) is 14.6. The van der Waals surface area contributed by atoms with Crippen molar-refractivity contribution in [3.05, 3.63) is 87.9 Å². The third-order valence-electron chi connectivity index (χ3n) is 7.06. The molecule has 2 aliphatic rings. The van der Waals surface area contributed by atoms with Crippen LogP contribution >= 0.6 is 22.9 Å². The lowest BCUT2D eigenvalue weighted by Crippen LogP contribution is -2.33. The van der Waals surface area contributed by atoms with Crippen molar-refractivity contribution in [1.82, 2.24) is 9.71 Å². The first kappa shape index (κ1) is 23.1. The molecule has 8 heteroatoms. The highest BCUT2D eigenvalue weighted by Crippen LogP contribution is 2.44. The van der Waals surface area contributed by atoms with E-state index >= 15 is 0 Å². The van der Waals surface area contributed by atoms with Crippen LogP contribution in [0.3, 0.4) is 0 Å². The zero-order chi connectivity index (χ0) is 24.2. The van der Waals surface area contributed by atoms with Crippen LogP contribution in [-0.2, 0) is 15.6 Å². The van der Waals surface area contributed by atoms with Gasteiger partial charge in [-0.2, -0.15) is 0 Å². The molecule has 0 saturated heterocycles. The van der Waals surface area contributed by atoms with Gasteiger partial charge >= 0.3 is 0 Å². The molecule has 2 saturated carbocycles. The number of hydrogen-bond acceptors (Lipinski definition) is 5. The second kappa shape index (κ2) is 8.68. The molecule has 6 rings (SSSR count). The van der Waals surface area contributed by atoms with Gasteiger partial charge in [0.1, 0.15) is 0 Å². The Morgan fingerprint density at radius 1 is 1.09 bits per heavy atom. The minimum Gasteiger partial charge on any atom is -0.385 e. The molecule has 2 fully saturated rings. The van der Waals surface area contributed by atoms with Crippen LogP contribution in [0.25, 0.3) is 21.3 Å². The summed E-state index contributed by atoms with van der Waals surface area (Å²) in [7, 11) is -3.46. The Bertz CT molecular complexity index is 1520. The van der Waals surface area contributed by atoms with E-state index in [0.717, 1.165) is 56.6 Å². The molecule has 0 bridgehead atoms. The lowest BCUT2D eigenvalue weighted by molar-refractivity contribution is -0.0388. The highest BCUT2D eigenvalue weighted by molar-refractivity contribution is 7.90. The molecule has 35 heavy (non-hydrogen) atoms. The number of rotatable bonds is 7. The lowest BCUT2D eigenvalue weighted by atomic mass is 9.75. The van der Waals surface area contributed by atoms with Gasteiger partial charge in [0, 0.05) is 26.4 Å². The fourth-order valence-electron chi connectivity index (χ4n) is 4.72. The largest absolute Gasteiger partial charge is 0.385 e. The molecule has 2 aromatic carbocycles. The number of aromatic nitrogens is 1. The topological polar surface area (TPSA) is 79.3 Å². The van der Waals surface area contributed by atoms with Crippen LogP contribution in [-0.4, -0.2) is 23.8 Å². The fourth-order valence-corrected chi connectivity index (χ4v) is 7.82. The van der Waals surface area contributed by atoms with Crippen molar-refractivity contribution in [2.75, 3.05) is 0 Å². The third kappa shape index (κ3) is 4.30. The Morgan fingerprint density at radius 3 is 2.60 bits per heavy atom. The monoisotopic (exact) mass is 524 g/mol. The van der Waals surface area contributed by atoms with Crippen LogP contribution in [0, 0.1) is 0 Å². The summed E-state index contributed by atoms with van der Waals surface area (Å²) in [6.07, 6.45) is 5.70. The number of aliphatic hydroxyl groups is 1. The molecule has 180 valence electrons. The van der Waals surface area contributed by atoms with Gasteiger partial charge in [-0.15, -0.1) is 11.3 Å². The standard InChI is InChI=1S/C27H25ClN2O3S2/c28-22-8-2-1-6-20(22)25(30-35(32,33)19-9-10-19)24-15-17-5-3-7-21(26(17)34-24)23-16-18(11-14-29-23)27(31)12-4-13-27/h1-3,5-8,11,14-16,19,25,30-31H,4,9-10,12-13H2. The Morgan fingerprint density at radius 2 is 1.89 bits per heavy atom. The lowest BCUT2D eigenvalue weighted by Gasteiger charge is -2.37. The van der Waals surface area contributed by atoms with Crippen LogP contribution in [0.15, 0.2) is 66.9 Å². The Balaban J connectivity index is 1.45. The zero-order valence-electron chi connectivity index (χ0n) is 18.9. The molecule has 2 aromatic heterocycles. The summed E-state index contributed by atoms with van der Waals surface area (Å²) in [5.74, 6) is 0. The summed E-state index contributed by atoms with van der Waals surface area (Å²) < 4.78 is 29.9. The zero-order valence-corrected chi connectivity index (χ0v) is 21.3. The molecule has 0 amide bonds. The highest BCUT2D eigenvalue weighted by atomic mass is 35.5. The van der Waals surface area contributed by atoms with E-state index in [1.165, 1.54) is 0 Å². The summed E-state index contributed by atoms with van der Waals surface area (Å²) in [6.45, 7) is 0. The number of nitrogens with zero attached hydrogens (tertiary/aromatic N) is 1. The smallest absolute Gasteiger partial charge is 0.215 e. The predicted octanol–water partition coefficient (Wildman–Crippen LogP) is 6.16. The second-order valence-corrected chi connectivity index (χ2v) is 13.0. The van der Waals surface area contributed by atoms with Gasteiger partial charge in [-0.3, -0.25) is 4.98 Å². The molecular formula is C27H25ClN2O3S2. The fraction of sp³-hybridized carbons (Fsp3) is 0.296. The van der Waals surface area contributed by atoms with Gasteiger partial charge in [0.15, 0.2) is 0 Å². The number of hydrogen-bond donors (Lipinski definition) is 2. The molecule has 1 atom stereocenters. The number of halogens is 1. The van der Waals surface area contributed by atoms with E-state index in [2.05, 4.69) is 9.71 Å². The molecule has 2 heterocycles. The van der Waals surface area contributed by atoms with E-state index in [9.17, 15) is 13.5 Å². The minimum absolute atomic E-state index is 0.332. The van der Waals surface area contributed by atoms with Gasteiger partial charge in [0.05, 0.1) is 22.6 Å². The molecule has 4 aromatic rings. The van der Waals surface area contributed by atoms with Crippen LogP contribution in [0.2, 0.25) is 5.02 Å². The molecule has 2 aliphatic carbocycles. The molecule has 2 N–H and O–H groups in total. The Hall–Kier alpha value is -2.29. The van der Waals surface area contributed by atoms with E-state index < -0.39 is 21.7 Å². The Labute approximate surface area is 213 Å². The second-order valence-electron chi connectivity index (χ2n) is 9.50. The maximum absolute atomic E-state index is 12.9. The summed E-state index contributed by atoms with van der Waals surface area (Å²) in [5.41, 5.74) is 2.64. The van der Waals surface area contributed by atoms with Gasteiger partial charge in [0.2, 0.25) is 10.0 Å². The first-order valence-electron chi connectivity index (χ1n) is 11.8. The summed E-state index contributed by atoms with van der Waals surface area (Å²) in [4.78, 5) is 5.49. The predicted molar refractivity (Wildman–Crippen MR) is 141 cm³/mol. The molecule has 5 nitrogen and oxygen atoms in total. The maximum atomic E-state index is 12.9. The van der Waals surface area contributed by atoms with Crippen LogP contribution < -0.4 is 4.72 Å².